The molecule has 0 fully saturated rings. The van der Waals surface area contributed by atoms with E-state index in [0.717, 1.165) is 29.8 Å². The first-order valence-corrected chi connectivity index (χ1v) is 7.86. The smallest absolute Gasteiger partial charge is 0.254 e. The second-order valence-corrected chi connectivity index (χ2v) is 6.11. The molecule has 1 aliphatic heterocycles. The highest BCUT2D eigenvalue weighted by Gasteiger charge is 2.26. The highest BCUT2D eigenvalue weighted by atomic mass is 19.2. The molecule has 24 heavy (non-hydrogen) atoms. The summed E-state index contributed by atoms with van der Waals surface area (Å²) in [7, 11) is 1.99. The van der Waals surface area contributed by atoms with Gasteiger partial charge in [-0.15, -0.1) is 0 Å². The molecule has 2 aromatic carbocycles. The van der Waals surface area contributed by atoms with Gasteiger partial charge in [-0.2, -0.15) is 0 Å². The normalized spacial score (nSPS) is 14.0. The van der Waals surface area contributed by atoms with Crippen molar-refractivity contribution in [2.24, 2.45) is 7.05 Å². The van der Waals surface area contributed by atoms with E-state index in [4.69, 9.17) is 0 Å². The van der Waals surface area contributed by atoms with E-state index in [0.29, 0.717) is 13.1 Å². The van der Waals surface area contributed by atoms with E-state index in [2.05, 4.69) is 16.7 Å². The quantitative estimate of drug-likeness (QED) is 0.670. The second kappa shape index (κ2) is 5.44. The molecule has 0 saturated carbocycles. The van der Waals surface area contributed by atoms with Crippen molar-refractivity contribution < 1.29 is 13.6 Å². The van der Waals surface area contributed by atoms with Crippen molar-refractivity contribution in [1.82, 2.24) is 9.47 Å². The summed E-state index contributed by atoms with van der Waals surface area (Å²) in [5, 5.41) is 1.22. The number of amides is 1. The lowest BCUT2D eigenvalue weighted by Crippen LogP contribution is -2.36. The predicted octanol–water partition coefficient (Wildman–Crippen LogP) is 3.66. The Hall–Kier alpha value is -2.69. The Bertz CT molecular complexity index is 961. The predicted molar refractivity (Wildman–Crippen MR) is 87.7 cm³/mol. The van der Waals surface area contributed by atoms with Gasteiger partial charge in [0.2, 0.25) is 0 Å². The minimum Gasteiger partial charge on any atom is -0.346 e. The van der Waals surface area contributed by atoms with E-state index in [1.54, 1.807) is 4.90 Å². The third kappa shape index (κ3) is 2.19. The van der Waals surface area contributed by atoms with Gasteiger partial charge in [-0.25, -0.2) is 8.78 Å². The van der Waals surface area contributed by atoms with Gasteiger partial charge in [0, 0.05) is 35.8 Å². The van der Waals surface area contributed by atoms with Crippen molar-refractivity contribution in [2.75, 3.05) is 6.54 Å². The first-order valence-electron chi connectivity index (χ1n) is 7.86. The summed E-state index contributed by atoms with van der Waals surface area (Å²) in [5.74, 6) is -2.21. The molecule has 0 bridgehead atoms. The monoisotopic (exact) mass is 326 g/mol. The van der Waals surface area contributed by atoms with E-state index >= 15 is 0 Å². The lowest BCUT2D eigenvalue weighted by atomic mass is 10.0. The molecule has 4 rings (SSSR count). The largest absolute Gasteiger partial charge is 0.346 e. The lowest BCUT2D eigenvalue weighted by molar-refractivity contribution is 0.0730. The molecule has 0 spiro atoms. The van der Waals surface area contributed by atoms with Gasteiger partial charge in [0.25, 0.3) is 5.91 Å². The molecule has 0 radical (unpaired) electrons. The minimum absolute atomic E-state index is 0.177. The van der Waals surface area contributed by atoms with Gasteiger partial charge in [0.1, 0.15) is 0 Å². The van der Waals surface area contributed by atoms with E-state index in [1.165, 1.54) is 17.0 Å². The number of hydrogen-bond acceptors (Lipinski definition) is 1. The van der Waals surface area contributed by atoms with Crippen molar-refractivity contribution in [1.29, 1.82) is 0 Å². The number of fused-ring (bicyclic) bond motifs is 3. The number of nitrogens with zero attached hydrogens (tertiary/aromatic N) is 2. The molecule has 3 nitrogen and oxygen atoms in total. The summed E-state index contributed by atoms with van der Waals surface area (Å²) in [4.78, 5) is 14.3. The van der Waals surface area contributed by atoms with Crippen LogP contribution in [0.1, 0.15) is 21.6 Å². The lowest BCUT2D eigenvalue weighted by Gasteiger charge is -2.28. The Morgan fingerprint density at radius 2 is 1.88 bits per heavy atom. The summed E-state index contributed by atoms with van der Waals surface area (Å²) >= 11 is 0. The topological polar surface area (TPSA) is 25.2 Å². The third-order valence-electron chi connectivity index (χ3n) is 4.77. The van der Waals surface area contributed by atoms with Gasteiger partial charge in [0.05, 0.1) is 6.54 Å². The number of aromatic nitrogens is 1. The molecule has 0 N–H and O–H groups in total. The number of rotatable bonds is 1. The number of benzene rings is 2. The maximum absolute atomic E-state index is 13.4. The Morgan fingerprint density at radius 1 is 1.08 bits per heavy atom. The van der Waals surface area contributed by atoms with Gasteiger partial charge < -0.3 is 9.47 Å². The highest BCUT2D eigenvalue weighted by Crippen LogP contribution is 2.30. The fourth-order valence-electron chi connectivity index (χ4n) is 3.50. The van der Waals surface area contributed by atoms with Crippen LogP contribution in [0, 0.1) is 11.6 Å². The Balaban J connectivity index is 1.69. The number of carbonyl (C=O) groups is 1. The van der Waals surface area contributed by atoms with Crippen LogP contribution in [0.25, 0.3) is 10.9 Å². The third-order valence-corrected chi connectivity index (χ3v) is 4.77. The van der Waals surface area contributed by atoms with Crippen molar-refractivity contribution in [2.45, 2.75) is 13.0 Å². The fourth-order valence-corrected chi connectivity index (χ4v) is 3.50. The standard InChI is InChI=1S/C19H16F2N2O/c1-22-17-5-3-2-4-13(17)14-8-9-23(11-18(14)22)19(24)12-6-7-15(20)16(21)10-12/h2-7,10H,8-9,11H2,1H3. The van der Waals surface area contributed by atoms with Crippen LogP contribution < -0.4 is 0 Å². The van der Waals surface area contributed by atoms with Crippen molar-refractivity contribution in [3.05, 3.63) is 70.9 Å². The van der Waals surface area contributed by atoms with Gasteiger partial charge in [-0.1, -0.05) is 18.2 Å². The molecule has 122 valence electrons. The molecule has 0 unspecified atom stereocenters. The zero-order valence-corrected chi connectivity index (χ0v) is 13.2. The van der Waals surface area contributed by atoms with Gasteiger partial charge >= 0.3 is 0 Å². The molecule has 1 aromatic heterocycles. The Kier molecular flexibility index (Phi) is 3.37. The molecule has 0 saturated heterocycles. The Morgan fingerprint density at radius 3 is 2.67 bits per heavy atom. The number of halogens is 2. The zero-order chi connectivity index (χ0) is 16.8. The summed E-state index contributed by atoms with van der Waals surface area (Å²) in [5.41, 5.74) is 3.68. The molecule has 5 heteroatoms. The molecule has 1 aliphatic rings. The van der Waals surface area contributed by atoms with Crippen molar-refractivity contribution in [3.8, 4) is 0 Å². The Labute approximate surface area is 138 Å². The van der Waals surface area contributed by atoms with Gasteiger partial charge in [-0.3, -0.25) is 4.79 Å². The average molecular weight is 326 g/mol. The first kappa shape index (κ1) is 14.9. The molecule has 3 aromatic rings. The molecular formula is C19H16F2N2O. The van der Waals surface area contributed by atoms with Crippen LogP contribution in [0.5, 0.6) is 0 Å². The molecule has 0 aliphatic carbocycles. The highest BCUT2D eigenvalue weighted by molar-refractivity contribution is 5.95. The first-order chi connectivity index (χ1) is 11.6. The zero-order valence-electron chi connectivity index (χ0n) is 13.2. The SMILES string of the molecule is Cn1c2c(c3ccccc31)CCN(C(=O)c1ccc(F)c(F)c1)C2. The maximum atomic E-state index is 13.4. The van der Waals surface area contributed by atoms with Crippen LogP contribution >= 0.6 is 0 Å². The second-order valence-electron chi connectivity index (χ2n) is 6.11. The van der Waals surface area contributed by atoms with E-state index in [-0.39, 0.29) is 11.5 Å². The van der Waals surface area contributed by atoms with Crippen molar-refractivity contribution >= 4 is 16.8 Å². The van der Waals surface area contributed by atoms with Crippen LogP contribution in [0.2, 0.25) is 0 Å². The molecule has 2 heterocycles. The summed E-state index contributed by atoms with van der Waals surface area (Å²) in [6.07, 6.45) is 0.756. The summed E-state index contributed by atoms with van der Waals surface area (Å²) in [6, 6.07) is 11.5. The van der Waals surface area contributed by atoms with Crippen LogP contribution in [-0.2, 0) is 20.0 Å². The van der Waals surface area contributed by atoms with E-state index in [9.17, 15) is 13.6 Å². The summed E-state index contributed by atoms with van der Waals surface area (Å²) in [6.45, 7) is 1.04. The van der Waals surface area contributed by atoms with Crippen LogP contribution in [0.15, 0.2) is 42.5 Å². The number of carbonyl (C=O) groups excluding carboxylic acids is 1. The maximum Gasteiger partial charge on any atom is 0.254 e. The average Bonchev–Trinajstić information content (AvgIpc) is 2.89. The molecule has 0 atom stereocenters. The van der Waals surface area contributed by atoms with Crippen molar-refractivity contribution in [3.63, 3.8) is 0 Å². The van der Waals surface area contributed by atoms with Crippen LogP contribution in [-0.4, -0.2) is 21.9 Å². The fraction of sp³-hybridized carbons (Fsp3) is 0.211. The van der Waals surface area contributed by atoms with E-state index in [1.807, 2.05) is 19.2 Å². The number of para-hydroxylation sites is 1. The minimum atomic E-state index is -0.997. The number of hydrogen-bond donors (Lipinski definition) is 0. The van der Waals surface area contributed by atoms with Crippen LogP contribution in [0.3, 0.4) is 0 Å². The number of aryl methyl sites for hydroxylation is 1. The molecule has 1 amide bonds. The van der Waals surface area contributed by atoms with Gasteiger partial charge in [0.15, 0.2) is 11.6 Å². The van der Waals surface area contributed by atoms with E-state index < -0.39 is 11.6 Å². The molecular weight excluding hydrogens is 310 g/mol. The summed E-state index contributed by atoms with van der Waals surface area (Å²) < 4.78 is 28.6. The van der Waals surface area contributed by atoms with Gasteiger partial charge in [-0.05, 0) is 36.2 Å². The van der Waals surface area contributed by atoms with Crippen LogP contribution in [0.4, 0.5) is 8.78 Å².